The van der Waals surface area contributed by atoms with E-state index in [0.717, 1.165) is 35.7 Å². The van der Waals surface area contributed by atoms with E-state index in [0.29, 0.717) is 23.0 Å². The van der Waals surface area contributed by atoms with Crippen LogP contribution in [0.3, 0.4) is 0 Å². The molecule has 0 N–H and O–H groups in total. The summed E-state index contributed by atoms with van der Waals surface area (Å²) in [6.07, 6.45) is 6.75. The maximum atomic E-state index is 12.0. The van der Waals surface area contributed by atoms with Crippen molar-refractivity contribution < 1.29 is 9.47 Å². The predicted octanol–water partition coefficient (Wildman–Crippen LogP) is 3.56. The zero-order valence-corrected chi connectivity index (χ0v) is 17.3. The van der Waals surface area contributed by atoms with Crippen LogP contribution in [0, 0.1) is 6.92 Å². The van der Waals surface area contributed by atoms with Crippen LogP contribution in [0.5, 0.6) is 11.6 Å². The fraction of sp³-hybridized carbons (Fsp3) is 0.400. The summed E-state index contributed by atoms with van der Waals surface area (Å²) >= 11 is 3.50. The van der Waals surface area contributed by atoms with Crippen LogP contribution in [0.25, 0.3) is 11.0 Å². The van der Waals surface area contributed by atoms with Gasteiger partial charge in [0, 0.05) is 23.8 Å². The fourth-order valence-corrected chi connectivity index (χ4v) is 3.95. The van der Waals surface area contributed by atoms with Crippen molar-refractivity contribution in [1.82, 2.24) is 19.5 Å². The molecule has 2 heterocycles. The van der Waals surface area contributed by atoms with Crippen molar-refractivity contribution in [3.05, 3.63) is 51.2 Å². The third kappa shape index (κ3) is 4.01. The molecule has 28 heavy (non-hydrogen) atoms. The molecule has 0 amide bonds. The molecular formula is C20H21BrN4O3. The van der Waals surface area contributed by atoms with Gasteiger partial charge in [0.2, 0.25) is 5.88 Å². The van der Waals surface area contributed by atoms with Crippen LogP contribution >= 0.6 is 15.9 Å². The van der Waals surface area contributed by atoms with Gasteiger partial charge in [-0.15, -0.1) is 0 Å². The largest absolute Gasteiger partial charge is 0.488 e. The zero-order chi connectivity index (χ0) is 19.7. The van der Waals surface area contributed by atoms with E-state index in [1.807, 2.05) is 19.1 Å². The van der Waals surface area contributed by atoms with Crippen LogP contribution in [0.4, 0.5) is 0 Å². The number of hydrogen-bond acceptors (Lipinski definition) is 6. The normalized spacial score (nSPS) is 19.5. The summed E-state index contributed by atoms with van der Waals surface area (Å²) in [5, 5.41) is 0. The standard InChI is InChI=1S/C20H21BrN4O3/c1-12-22-8-7-18(24-12)28-15-5-3-14(4-6-15)27-17-10-13(21)9-16-20(17)25(2)19(26)11-23-16/h7-11,14-15H,3-6H2,1-2H3/t14-,15+. The summed E-state index contributed by atoms with van der Waals surface area (Å²) in [6.45, 7) is 1.85. The van der Waals surface area contributed by atoms with Gasteiger partial charge in [-0.05, 0) is 44.7 Å². The fourth-order valence-electron chi connectivity index (χ4n) is 3.53. The Morgan fingerprint density at radius 2 is 1.82 bits per heavy atom. The first-order valence-electron chi connectivity index (χ1n) is 9.28. The molecule has 7 nitrogen and oxygen atoms in total. The van der Waals surface area contributed by atoms with Gasteiger partial charge >= 0.3 is 0 Å². The van der Waals surface area contributed by atoms with E-state index in [-0.39, 0.29) is 17.8 Å². The maximum absolute atomic E-state index is 12.0. The lowest BCUT2D eigenvalue weighted by Gasteiger charge is -2.29. The smallest absolute Gasteiger partial charge is 0.269 e. The van der Waals surface area contributed by atoms with E-state index in [4.69, 9.17) is 9.47 Å². The number of nitrogens with zero attached hydrogens (tertiary/aromatic N) is 4. The Hall–Kier alpha value is -2.48. The Kier molecular flexibility index (Phi) is 5.30. The molecule has 0 atom stereocenters. The number of benzene rings is 1. The molecule has 1 aliphatic rings. The molecule has 1 aliphatic carbocycles. The second-order valence-electron chi connectivity index (χ2n) is 7.00. The SMILES string of the molecule is Cc1nccc(O[C@H]2CC[C@@H](Oc3cc(Br)cc4ncc(=O)n(C)c34)CC2)n1. The first-order chi connectivity index (χ1) is 13.5. The van der Waals surface area contributed by atoms with Gasteiger partial charge in [0.05, 0.1) is 17.8 Å². The van der Waals surface area contributed by atoms with Gasteiger partial charge in [-0.2, -0.15) is 4.98 Å². The monoisotopic (exact) mass is 444 g/mol. The average molecular weight is 445 g/mol. The molecule has 0 radical (unpaired) electrons. The number of rotatable bonds is 4. The highest BCUT2D eigenvalue weighted by molar-refractivity contribution is 9.10. The van der Waals surface area contributed by atoms with Gasteiger partial charge in [-0.1, -0.05) is 15.9 Å². The van der Waals surface area contributed by atoms with E-state index in [1.54, 1.807) is 23.9 Å². The molecule has 0 aliphatic heterocycles. The molecule has 1 fully saturated rings. The summed E-state index contributed by atoms with van der Waals surface area (Å²) in [6, 6.07) is 5.57. The second-order valence-corrected chi connectivity index (χ2v) is 7.92. The first kappa shape index (κ1) is 18.9. The number of ether oxygens (including phenoxy) is 2. The lowest BCUT2D eigenvalue weighted by Crippen LogP contribution is -2.30. The molecule has 0 spiro atoms. The molecular weight excluding hydrogens is 424 g/mol. The van der Waals surface area contributed by atoms with Crippen LogP contribution in [-0.2, 0) is 7.05 Å². The molecule has 3 aromatic rings. The Balaban J connectivity index is 1.46. The van der Waals surface area contributed by atoms with Crippen molar-refractivity contribution in [1.29, 1.82) is 0 Å². The molecule has 1 aromatic carbocycles. The van der Waals surface area contributed by atoms with Crippen molar-refractivity contribution in [2.45, 2.75) is 44.8 Å². The molecule has 146 valence electrons. The van der Waals surface area contributed by atoms with E-state index < -0.39 is 0 Å². The number of halogens is 1. The second kappa shape index (κ2) is 7.87. The Morgan fingerprint density at radius 1 is 1.11 bits per heavy atom. The van der Waals surface area contributed by atoms with Gasteiger partial charge in [0.15, 0.2) is 0 Å². The first-order valence-corrected chi connectivity index (χ1v) is 10.1. The van der Waals surface area contributed by atoms with Crippen LogP contribution < -0.4 is 15.0 Å². The molecule has 8 heteroatoms. The van der Waals surface area contributed by atoms with Crippen LogP contribution in [0.2, 0.25) is 0 Å². The molecule has 4 rings (SSSR count). The van der Waals surface area contributed by atoms with Crippen molar-refractivity contribution in [2.24, 2.45) is 7.05 Å². The van der Waals surface area contributed by atoms with Crippen LogP contribution in [0.1, 0.15) is 31.5 Å². The van der Waals surface area contributed by atoms with E-state index >= 15 is 0 Å². The Bertz CT molecular complexity index is 1060. The van der Waals surface area contributed by atoms with E-state index in [9.17, 15) is 4.79 Å². The highest BCUT2D eigenvalue weighted by atomic mass is 79.9. The topological polar surface area (TPSA) is 79.1 Å². The minimum absolute atomic E-state index is 0.0693. The van der Waals surface area contributed by atoms with E-state index in [1.165, 1.54) is 6.20 Å². The highest BCUT2D eigenvalue weighted by Gasteiger charge is 2.25. The Labute approximate surface area is 170 Å². The molecule has 0 saturated heterocycles. The number of aromatic nitrogens is 4. The predicted molar refractivity (Wildman–Crippen MR) is 109 cm³/mol. The zero-order valence-electron chi connectivity index (χ0n) is 15.8. The lowest BCUT2D eigenvalue weighted by molar-refractivity contribution is 0.0784. The summed E-state index contributed by atoms with van der Waals surface area (Å²) in [4.78, 5) is 24.7. The molecule has 2 aromatic heterocycles. The van der Waals surface area contributed by atoms with Gasteiger partial charge in [0.1, 0.15) is 23.2 Å². The maximum Gasteiger partial charge on any atom is 0.269 e. The number of hydrogen-bond donors (Lipinski definition) is 0. The Morgan fingerprint density at radius 3 is 2.54 bits per heavy atom. The van der Waals surface area contributed by atoms with Crippen molar-refractivity contribution in [3.63, 3.8) is 0 Å². The van der Waals surface area contributed by atoms with E-state index in [2.05, 4.69) is 30.9 Å². The summed E-state index contributed by atoms with van der Waals surface area (Å²) in [7, 11) is 1.74. The third-order valence-electron chi connectivity index (χ3n) is 4.95. The minimum Gasteiger partial charge on any atom is -0.488 e. The summed E-state index contributed by atoms with van der Waals surface area (Å²) in [5.74, 6) is 2.00. The summed E-state index contributed by atoms with van der Waals surface area (Å²) in [5.41, 5.74) is 1.28. The molecule has 0 unspecified atom stereocenters. The quantitative estimate of drug-likeness (QED) is 0.611. The van der Waals surface area contributed by atoms with Crippen molar-refractivity contribution >= 4 is 27.0 Å². The third-order valence-corrected chi connectivity index (χ3v) is 5.41. The summed E-state index contributed by atoms with van der Waals surface area (Å²) < 4.78 is 14.7. The van der Waals surface area contributed by atoms with Gasteiger partial charge in [0.25, 0.3) is 5.56 Å². The van der Waals surface area contributed by atoms with Gasteiger partial charge in [-0.25, -0.2) is 9.97 Å². The minimum atomic E-state index is -0.156. The number of aryl methyl sites for hydroxylation is 2. The van der Waals surface area contributed by atoms with Crippen LogP contribution in [-0.4, -0.2) is 31.7 Å². The molecule has 1 saturated carbocycles. The van der Waals surface area contributed by atoms with Crippen molar-refractivity contribution in [2.75, 3.05) is 0 Å². The number of fused-ring (bicyclic) bond motifs is 1. The van der Waals surface area contributed by atoms with Gasteiger partial charge in [-0.3, -0.25) is 4.79 Å². The highest BCUT2D eigenvalue weighted by Crippen LogP contribution is 2.32. The average Bonchev–Trinajstić information content (AvgIpc) is 2.66. The van der Waals surface area contributed by atoms with Gasteiger partial charge < -0.3 is 14.0 Å². The van der Waals surface area contributed by atoms with Crippen molar-refractivity contribution in [3.8, 4) is 11.6 Å². The van der Waals surface area contributed by atoms with Crippen LogP contribution in [0.15, 0.2) is 39.9 Å². The lowest BCUT2D eigenvalue weighted by atomic mass is 9.95. The molecule has 0 bridgehead atoms.